The zero-order chi connectivity index (χ0) is 15.1. The summed E-state index contributed by atoms with van der Waals surface area (Å²) >= 11 is 0. The maximum Gasteiger partial charge on any atom is 0.319 e. The number of Topliss-reactive ketones (excluding diaryl/α,β-unsaturated/α-hetero) is 1. The molecule has 1 aromatic heterocycles. The Morgan fingerprint density at radius 3 is 2.90 bits per heavy atom. The number of aromatic nitrogens is 2. The van der Waals surface area contributed by atoms with Crippen LogP contribution in [0, 0.1) is 0 Å². The fraction of sp³-hybridized carbons (Fsp3) is 0.267. The van der Waals surface area contributed by atoms with Gasteiger partial charge < -0.3 is 15.2 Å². The lowest BCUT2D eigenvalue weighted by Crippen LogP contribution is -2.30. The molecule has 110 valence electrons. The summed E-state index contributed by atoms with van der Waals surface area (Å²) in [6.45, 7) is 2.87. The van der Waals surface area contributed by atoms with Crippen molar-refractivity contribution >= 4 is 17.5 Å². The van der Waals surface area contributed by atoms with Gasteiger partial charge in [0.05, 0.1) is 6.33 Å². The summed E-state index contributed by atoms with van der Waals surface area (Å²) in [6, 6.07) is 6.59. The third-order valence-electron chi connectivity index (χ3n) is 2.96. The Labute approximate surface area is 123 Å². The number of anilines is 1. The molecule has 2 rings (SSSR count). The van der Waals surface area contributed by atoms with Gasteiger partial charge in [-0.3, -0.25) is 4.79 Å². The van der Waals surface area contributed by atoms with Crippen molar-refractivity contribution in [1.29, 1.82) is 0 Å². The lowest BCUT2D eigenvalue weighted by atomic mass is 10.1. The van der Waals surface area contributed by atoms with Crippen LogP contribution in [0.1, 0.15) is 23.7 Å². The number of urea groups is 1. The van der Waals surface area contributed by atoms with E-state index in [9.17, 15) is 9.59 Å². The molecule has 2 N–H and O–H groups in total. The Morgan fingerprint density at radius 2 is 2.19 bits per heavy atom. The van der Waals surface area contributed by atoms with Crippen molar-refractivity contribution in [1.82, 2.24) is 14.9 Å². The Morgan fingerprint density at radius 1 is 1.33 bits per heavy atom. The van der Waals surface area contributed by atoms with Crippen LogP contribution in [0.5, 0.6) is 0 Å². The second-order valence-corrected chi connectivity index (χ2v) is 4.67. The van der Waals surface area contributed by atoms with E-state index in [0.717, 1.165) is 13.0 Å². The zero-order valence-corrected chi connectivity index (χ0v) is 11.9. The fourth-order valence-electron chi connectivity index (χ4n) is 1.87. The molecule has 0 bridgehead atoms. The molecule has 2 amide bonds. The summed E-state index contributed by atoms with van der Waals surface area (Å²) in [4.78, 5) is 26.9. The number of ketones is 1. The maximum absolute atomic E-state index is 11.7. The molecule has 6 nitrogen and oxygen atoms in total. The lowest BCUT2D eigenvalue weighted by Gasteiger charge is -2.08. The average molecular weight is 286 g/mol. The first kappa shape index (κ1) is 14.8. The summed E-state index contributed by atoms with van der Waals surface area (Å²) in [5.41, 5.74) is 1.18. The molecule has 0 fully saturated rings. The number of imidazole rings is 1. The van der Waals surface area contributed by atoms with E-state index in [1.165, 1.54) is 6.92 Å². The largest absolute Gasteiger partial charge is 0.338 e. The normalized spacial score (nSPS) is 10.1. The summed E-state index contributed by atoms with van der Waals surface area (Å²) in [7, 11) is 0. The molecule has 0 unspecified atom stereocenters. The molecule has 0 spiro atoms. The number of nitrogens with zero attached hydrogens (tertiary/aromatic N) is 2. The number of benzene rings is 1. The van der Waals surface area contributed by atoms with Crippen LogP contribution in [0.2, 0.25) is 0 Å². The molecule has 0 saturated heterocycles. The van der Waals surface area contributed by atoms with Gasteiger partial charge >= 0.3 is 6.03 Å². The number of hydrogen-bond acceptors (Lipinski definition) is 3. The van der Waals surface area contributed by atoms with E-state index >= 15 is 0 Å². The molecule has 1 heterocycles. The zero-order valence-electron chi connectivity index (χ0n) is 11.9. The van der Waals surface area contributed by atoms with Gasteiger partial charge in [0.1, 0.15) is 0 Å². The van der Waals surface area contributed by atoms with E-state index in [2.05, 4.69) is 15.6 Å². The fourth-order valence-corrected chi connectivity index (χ4v) is 1.87. The molecule has 0 radical (unpaired) electrons. The number of nitrogens with one attached hydrogen (secondary N) is 2. The third kappa shape index (κ3) is 4.76. The molecule has 0 aliphatic rings. The van der Waals surface area contributed by atoms with Crippen molar-refractivity contribution in [2.75, 3.05) is 11.9 Å². The van der Waals surface area contributed by atoms with E-state index < -0.39 is 0 Å². The molecule has 0 atom stereocenters. The summed E-state index contributed by atoms with van der Waals surface area (Å²) < 4.78 is 1.95. The number of carbonyl (C=O) groups is 2. The second-order valence-electron chi connectivity index (χ2n) is 4.67. The highest BCUT2D eigenvalue weighted by Crippen LogP contribution is 2.10. The lowest BCUT2D eigenvalue weighted by molar-refractivity contribution is 0.101. The first-order chi connectivity index (χ1) is 10.1. The van der Waals surface area contributed by atoms with Gasteiger partial charge in [-0.05, 0) is 25.5 Å². The number of aryl methyl sites for hydroxylation is 1. The number of hydrogen-bond donors (Lipinski definition) is 2. The molecular formula is C15H18N4O2. The van der Waals surface area contributed by atoms with Gasteiger partial charge in [0.15, 0.2) is 5.78 Å². The third-order valence-corrected chi connectivity index (χ3v) is 2.96. The molecule has 2 aromatic rings. The smallest absolute Gasteiger partial charge is 0.319 e. The highest BCUT2D eigenvalue weighted by atomic mass is 16.2. The molecule has 0 aliphatic heterocycles. The number of amides is 2. The maximum atomic E-state index is 11.7. The summed E-state index contributed by atoms with van der Waals surface area (Å²) in [6.07, 6.45) is 6.17. The minimum Gasteiger partial charge on any atom is -0.338 e. The molecule has 1 aromatic carbocycles. The number of rotatable bonds is 6. The van der Waals surface area contributed by atoms with Crippen LogP contribution in [-0.2, 0) is 6.54 Å². The standard InChI is InChI=1S/C15H18N4O2/c1-12(20)13-4-2-5-14(10-13)18-15(21)17-6-3-8-19-9-7-16-11-19/h2,4-5,7,9-11H,3,6,8H2,1H3,(H2,17,18,21). The van der Waals surface area contributed by atoms with E-state index in [1.807, 2.05) is 10.8 Å². The van der Waals surface area contributed by atoms with Crippen molar-refractivity contribution < 1.29 is 9.59 Å². The van der Waals surface area contributed by atoms with Gasteiger partial charge in [0.25, 0.3) is 0 Å². The molecule has 6 heteroatoms. The van der Waals surface area contributed by atoms with Crippen molar-refractivity contribution in [3.63, 3.8) is 0 Å². The van der Waals surface area contributed by atoms with Crippen LogP contribution >= 0.6 is 0 Å². The molecule has 0 saturated carbocycles. The monoisotopic (exact) mass is 286 g/mol. The van der Waals surface area contributed by atoms with Gasteiger partial charge in [-0.2, -0.15) is 0 Å². The van der Waals surface area contributed by atoms with Gasteiger partial charge in [0, 0.05) is 36.7 Å². The van der Waals surface area contributed by atoms with Crippen LogP contribution < -0.4 is 10.6 Å². The highest BCUT2D eigenvalue weighted by Gasteiger charge is 2.04. The van der Waals surface area contributed by atoms with Gasteiger partial charge in [-0.25, -0.2) is 9.78 Å². The van der Waals surface area contributed by atoms with Crippen molar-refractivity contribution in [2.45, 2.75) is 19.9 Å². The Bertz CT molecular complexity index is 608. The first-order valence-electron chi connectivity index (χ1n) is 6.77. The van der Waals surface area contributed by atoms with E-state index in [-0.39, 0.29) is 11.8 Å². The van der Waals surface area contributed by atoms with Crippen molar-refractivity contribution in [3.8, 4) is 0 Å². The number of carbonyl (C=O) groups excluding carboxylic acids is 2. The minimum atomic E-state index is -0.277. The predicted molar refractivity (Wildman–Crippen MR) is 80.3 cm³/mol. The Hall–Kier alpha value is -2.63. The Balaban J connectivity index is 1.74. The topological polar surface area (TPSA) is 76.0 Å². The molecular weight excluding hydrogens is 268 g/mol. The van der Waals surface area contributed by atoms with Crippen LogP contribution in [0.15, 0.2) is 43.0 Å². The van der Waals surface area contributed by atoms with Crippen LogP contribution in [0.25, 0.3) is 0 Å². The quantitative estimate of drug-likeness (QED) is 0.632. The second kappa shape index (κ2) is 7.23. The van der Waals surface area contributed by atoms with Crippen LogP contribution in [-0.4, -0.2) is 27.9 Å². The van der Waals surface area contributed by atoms with Crippen LogP contribution in [0.3, 0.4) is 0 Å². The van der Waals surface area contributed by atoms with E-state index in [4.69, 9.17) is 0 Å². The van der Waals surface area contributed by atoms with Crippen molar-refractivity contribution in [3.05, 3.63) is 48.5 Å². The molecule has 0 aliphatic carbocycles. The predicted octanol–water partition coefficient (Wildman–Crippen LogP) is 2.30. The molecule has 21 heavy (non-hydrogen) atoms. The average Bonchev–Trinajstić information content (AvgIpc) is 2.97. The van der Waals surface area contributed by atoms with Crippen LogP contribution in [0.4, 0.5) is 10.5 Å². The van der Waals surface area contributed by atoms with Crippen molar-refractivity contribution in [2.24, 2.45) is 0 Å². The Kier molecular flexibility index (Phi) is 5.09. The van der Waals surface area contributed by atoms with E-state index in [1.54, 1.807) is 36.8 Å². The van der Waals surface area contributed by atoms with E-state index in [0.29, 0.717) is 17.8 Å². The SMILES string of the molecule is CC(=O)c1cccc(NC(=O)NCCCn2ccnc2)c1. The highest BCUT2D eigenvalue weighted by molar-refractivity contribution is 5.96. The summed E-state index contributed by atoms with van der Waals surface area (Å²) in [5.74, 6) is -0.0283. The van der Waals surface area contributed by atoms with Gasteiger partial charge in [-0.1, -0.05) is 12.1 Å². The van der Waals surface area contributed by atoms with Gasteiger partial charge in [-0.15, -0.1) is 0 Å². The first-order valence-corrected chi connectivity index (χ1v) is 6.77. The van der Waals surface area contributed by atoms with Gasteiger partial charge in [0.2, 0.25) is 0 Å². The summed E-state index contributed by atoms with van der Waals surface area (Å²) in [5, 5.41) is 5.48. The minimum absolute atomic E-state index is 0.0283.